The van der Waals surface area contributed by atoms with Gasteiger partial charge in [0.1, 0.15) is 5.82 Å². The molecular weight excluding hydrogens is 254 g/mol. The third-order valence-corrected chi connectivity index (χ3v) is 4.17. The SMILES string of the molecule is CC1CCCC(CO)(Nc2nc(N)cn3ccnc23)C1. The van der Waals surface area contributed by atoms with Crippen LogP contribution in [-0.4, -0.2) is 31.6 Å². The standard InChI is InChI=1S/C14H21N5O/c1-10-3-2-4-14(7-10,9-20)18-12-13-16-5-6-19(13)8-11(15)17-12/h5-6,8,10,20H,2-4,7,9,15H2,1H3,(H,17,18). The number of hydrogen-bond acceptors (Lipinski definition) is 5. The second kappa shape index (κ2) is 4.94. The second-order valence-corrected chi connectivity index (χ2v) is 5.94. The topological polar surface area (TPSA) is 88.5 Å². The van der Waals surface area contributed by atoms with Crippen molar-refractivity contribution in [3.05, 3.63) is 18.6 Å². The largest absolute Gasteiger partial charge is 0.394 e. The first-order valence-corrected chi connectivity index (χ1v) is 7.10. The number of imidazole rings is 1. The lowest BCUT2D eigenvalue weighted by Gasteiger charge is -2.39. The van der Waals surface area contributed by atoms with E-state index in [2.05, 4.69) is 22.2 Å². The molecule has 1 aliphatic rings. The summed E-state index contributed by atoms with van der Waals surface area (Å²) in [6.07, 6.45) is 9.51. The molecule has 2 heterocycles. The maximum atomic E-state index is 9.86. The van der Waals surface area contributed by atoms with Gasteiger partial charge in [0.15, 0.2) is 11.5 Å². The highest BCUT2D eigenvalue weighted by atomic mass is 16.3. The summed E-state index contributed by atoms with van der Waals surface area (Å²) in [4.78, 5) is 8.67. The Labute approximate surface area is 118 Å². The predicted octanol–water partition coefficient (Wildman–Crippen LogP) is 1.66. The van der Waals surface area contributed by atoms with Gasteiger partial charge in [-0.25, -0.2) is 9.97 Å². The molecule has 2 aromatic rings. The maximum Gasteiger partial charge on any atom is 0.180 e. The second-order valence-electron chi connectivity index (χ2n) is 5.94. The molecule has 108 valence electrons. The number of hydrogen-bond donors (Lipinski definition) is 3. The van der Waals surface area contributed by atoms with Gasteiger partial charge in [0.2, 0.25) is 0 Å². The maximum absolute atomic E-state index is 9.86. The average Bonchev–Trinajstić information content (AvgIpc) is 2.87. The fourth-order valence-electron chi connectivity index (χ4n) is 3.24. The number of rotatable bonds is 3. The number of fused-ring (bicyclic) bond motifs is 1. The van der Waals surface area contributed by atoms with Gasteiger partial charge in [-0.15, -0.1) is 0 Å². The van der Waals surface area contributed by atoms with Crippen LogP contribution in [0, 0.1) is 5.92 Å². The van der Waals surface area contributed by atoms with E-state index in [4.69, 9.17) is 5.73 Å². The third kappa shape index (κ3) is 2.31. The lowest BCUT2D eigenvalue weighted by atomic mass is 9.77. The average molecular weight is 275 g/mol. The summed E-state index contributed by atoms with van der Waals surface area (Å²) in [5.74, 6) is 1.69. The van der Waals surface area contributed by atoms with Gasteiger partial charge in [0.05, 0.1) is 18.3 Å². The van der Waals surface area contributed by atoms with Crippen molar-refractivity contribution in [2.45, 2.75) is 38.1 Å². The van der Waals surface area contributed by atoms with E-state index in [9.17, 15) is 5.11 Å². The number of nitrogen functional groups attached to an aromatic ring is 1. The van der Waals surface area contributed by atoms with Crippen molar-refractivity contribution in [3.63, 3.8) is 0 Å². The molecule has 2 aromatic heterocycles. The van der Waals surface area contributed by atoms with E-state index < -0.39 is 0 Å². The molecule has 0 aliphatic heterocycles. The molecule has 0 saturated heterocycles. The molecule has 20 heavy (non-hydrogen) atoms. The lowest BCUT2D eigenvalue weighted by Crippen LogP contribution is -2.46. The Hall–Kier alpha value is -1.82. The van der Waals surface area contributed by atoms with Gasteiger partial charge in [-0.2, -0.15) is 0 Å². The summed E-state index contributed by atoms with van der Waals surface area (Å²) in [6.45, 7) is 2.32. The number of anilines is 2. The van der Waals surface area contributed by atoms with Crippen LogP contribution in [0.1, 0.15) is 32.6 Å². The zero-order valence-electron chi connectivity index (χ0n) is 11.7. The molecule has 0 bridgehead atoms. The van der Waals surface area contributed by atoms with E-state index in [-0.39, 0.29) is 12.1 Å². The Morgan fingerprint density at radius 1 is 1.60 bits per heavy atom. The summed E-state index contributed by atoms with van der Waals surface area (Å²) >= 11 is 0. The van der Waals surface area contributed by atoms with Crippen molar-refractivity contribution in [1.29, 1.82) is 0 Å². The van der Waals surface area contributed by atoms with Gasteiger partial charge in [0.25, 0.3) is 0 Å². The lowest BCUT2D eigenvalue weighted by molar-refractivity contribution is 0.149. The molecule has 1 saturated carbocycles. The van der Waals surface area contributed by atoms with Crippen LogP contribution in [0.4, 0.5) is 11.6 Å². The minimum Gasteiger partial charge on any atom is -0.394 e. The van der Waals surface area contributed by atoms with Crippen molar-refractivity contribution >= 4 is 17.3 Å². The van der Waals surface area contributed by atoms with Gasteiger partial charge in [-0.1, -0.05) is 19.8 Å². The van der Waals surface area contributed by atoms with E-state index in [0.29, 0.717) is 17.6 Å². The van der Waals surface area contributed by atoms with E-state index in [1.165, 1.54) is 6.42 Å². The van der Waals surface area contributed by atoms with Crippen LogP contribution in [0.5, 0.6) is 0 Å². The molecule has 1 fully saturated rings. The van der Waals surface area contributed by atoms with Crippen LogP contribution in [-0.2, 0) is 0 Å². The molecule has 0 amide bonds. The van der Waals surface area contributed by atoms with Crippen LogP contribution in [0.3, 0.4) is 0 Å². The highest BCUT2D eigenvalue weighted by molar-refractivity contribution is 5.65. The van der Waals surface area contributed by atoms with Crippen LogP contribution in [0.2, 0.25) is 0 Å². The fraction of sp³-hybridized carbons (Fsp3) is 0.571. The quantitative estimate of drug-likeness (QED) is 0.793. The van der Waals surface area contributed by atoms with Crippen molar-refractivity contribution < 1.29 is 5.11 Å². The van der Waals surface area contributed by atoms with E-state index in [1.807, 2.05) is 10.6 Å². The van der Waals surface area contributed by atoms with E-state index in [1.54, 1.807) is 12.4 Å². The first-order chi connectivity index (χ1) is 9.62. The van der Waals surface area contributed by atoms with Crippen LogP contribution < -0.4 is 11.1 Å². The number of aliphatic hydroxyl groups is 1. The summed E-state index contributed by atoms with van der Waals surface area (Å²) in [7, 11) is 0. The van der Waals surface area contributed by atoms with Crippen molar-refractivity contribution in [2.75, 3.05) is 17.7 Å². The van der Waals surface area contributed by atoms with E-state index >= 15 is 0 Å². The minimum atomic E-state index is -0.315. The summed E-state index contributed by atoms with van der Waals surface area (Å²) in [6, 6.07) is 0. The summed E-state index contributed by atoms with van der Waals surface area (Å²) in [5, 5.41) is 13.3. The Morgan fingerprint density at radius 2 is 2.45 bits per heavy atom. The van der Waals surface area contributed by atoms with Crippen molar-refractivity contribution in [1.82, 2.24) is 14.4 Å². The van der Waals surface area contributed by atoms with Gasteiger partial charge in [0, 0.05) is 12.4 Å². The molecule has 2 unspecified atom stereocenters. The van der Waals surface area contributed by atoms with E-state index in [0.717, 1.165) is 24.9 Å². The number of aliphatic hydroxyl groups excluding tert-OH is 1. The Balaban J connectivity index is 1.96. The van der Waals surface area contributed by atoms with Crippen LogP contribution >= 0.6 is 0 Å². The summed E-state index contributed by atoms with van der Waals surface area (Å²) in [5.41, 5.74) is 6.27. The Kier molecular flexibility index (Phi) is 3.25. The molecule has 0 aromatic carbocycles. The van der Waals surface area contributed by atoms with Gasteiger partial charge in [-0.05, 0) is 18.8 Å². The molecule has 2 atom stereocenters. The first kappa shape index (κ1) is 13.2. The smallest absolute Gasteiger partial charge is 0.180 e. The molecule has 3 rings (SSSR count). The molecule has 0 spiro atoms. The highest BCUT2D eigenvalue weighted by Gasteiger charge is 2.35. The van der Waals surface area contributed by atoms with Crippen molar-refractivity contribution in [2.24, 2.45) is 5.92 Å². The number of aromatic nitrogens is 3. The van der Waals surface area contributed by atoms with Crippen LogP contribution in [0.15, 0.2) is 18.6 Å². The van der Waals surface area contributed by atoms with Gasteiger partial charge in [-0.3, -0.25) is 0 Å². The fourth-order valence-corrected chi connectivity index (χ4v) is 3.24. The summed E-state index contributed by atoms with van der Waals surface area (Å²) < 4.78 is 1.85. The minimum absolute atomic E-state index is 0.0979. The monoisotopic (exact) mass is 275 g/mol. The van der Waals surface area contributed by atoms with Crippen LogP contribution in [0.25, 0.3) is 5.65 Å². The Morgan fingerprint density at radius 3 is 3.20 bits per heavy atom. The first-order valence-electron chi connectivity index (χ1n) is 7.10. The molecule has 4 N–H and O–H groups in total. The van der Waals surface area contributed by atoms with Gasteiger partial charge >= 0.3 is 0 Å². The molecule has 6 nitrogen and oxygen atoms in total. The zero-order valence-corrected chi connectivity index (χ0v) is 11.7. The highest BCUT2D eigenvalue weighted by Crippen LogP contribution is 2.35. The zero-order chi connectivity index (χ0) is 14.2. The number of nitrogens with two attached hydrogens (primary N) is 1. The number of nitrogens with one attached hydrogen (secondary N) is 1. The van der Waals surface area contributed by atoms with Crippen molar-refractivity contribution in [3.8, 4) is 0 Å². The molecular formula is C14H21N5O. The third-order valence-electron chi connectivity index (χ3n) is 4.17. The Bertz CT molecular complexity index is 611. The number of nitrogens with zero attached hydrogens (tertiary/aromatic N) is 3. The molecule has 6 heteroatoms. The molecule has 0 radical (unpaired) electrons. The predicted molar refractivity (Wildman–Crippen MR) is 78.5 cm³/mol. The molecule has 1 aliphatic carbocycles. The normalized spacial score (nSPS) is 26.8. The van der Waals surface area contributed by atoms with Gasteiger partial charge < -0.3 is 20.6 Å².